The van der Waals surface area contributed by atoms with Gasteiger partial charge < -0.3 is 14.8 Å². The van der Waals surface area contributed by atoms with Gasteiger partial charge in [0.25, 0.3) is 5.91 Å². The molecule has 0 spiro atoms. The molecule has 1 amide bonds. The molecule has 6 heteroatoms. The summed E-state index contributed by atoms with van der Waals surface area (Å²) in [5.41, 5.74) is 3.25. The molecule has 1 N–H and O–H groups in total. The van der Waals surface area contributed by atoms with Crippen molar-refractivity contribution in [2.75, 3.05) is 6.61 Å². The van der Waals surface area contributed by atoms with E-state index in [0.29, 0.717) is 18.0 Å². The molecule has 0 radical (unpaired) electrons. The Morgan fingerprint density at radius 1 is 1.15 bits per heavy atom. The highest BCUT2D eigenvalue weighted by Gasteiger charge is 2.27. The van der Waals surface area contributed by atoms with Gasteiger partial charge in [0.1, 0.15) is 11.6 Å². The molecule has 2 aromatic carbocycles. The number of nitrogens with one attached hydrogen (secondary N) is 1. The monoisotopic (exact) mass is 380 g/mol. The number of thiazole rings is 1. The highest BCUT2D eigenvalue weighted by molar-refractivity contribution is 7.15. The number of fused-ring (bicyclic) bond motifs is 1. The van der Waals surface area contributed by atoms with Crippen molar-refractivity contribution in [3.63, 3.8) is 0 Å². The lowest BCUT2D eigenvalue weighted by molar-refractivity contribution is -0.130. The van der Waals surface area contributed by atoms with Crippen LogP contribution in [-0.4, -0.2) is 23.6 Å². The van der Waals surface area contributed by atoms with Crippen LogP contribution in [0.3, 0.4) is 0 Å². The van der Waals surface area contributed by atoms with Gasteiger partial charge >= 0.3 is 0 Å². The average molecular weight is 380 g/mol. The minimum Gasteiger partial charge on any atom is -0.485 e. The number of carbonyl (C=O) groups is 1. The lowest BCUT2D eigenvalue weighted by Crippen LogP contribution is -2.43. The van der Waals surface area contributed by atoms with E-state index in [1.807, 2.05) is 37.3 Å². The lowest BCUT2D eigenvalue weighted by Gasteiger charge is -2.25. The van der Waals surface area contributed by atoms with Crippen LogP contribution >= 0.6 is 11.3 Å². The summed E-state index contributed by atoms with van der Waals surface area (Å²) in [7, 11) is 0. The third-order valence-corrected chi connectivity index (χ3v) is 5.68. The number of ether oxygens (including phenoxy) is 2. The fourth-order valence-electron chi connectivity index (χ4n) is 2.95. The van der Waals surface area contributed by atoms with Crippen LogP contribution in [0.1, 0.15) is 16.1 Å². The highest BCUT2D eigenvalue weighted by Crippen LogP contribution is 2.32. The molecular formula is C21H20N2O3S. The molecule has 1 aliphatic rings. The second kappa shape index (κ2) is 7.40. The van der Waals surface area contributed by atoms with Crippen molar-refractivity contribution >= 4 is 17.2 Å². The molecule has 1 aliphatic heterocycles. The second-order valence-electron chi connectivity index (χ2n) is 6.42. The number of hydrogen-bond donors (Lipinski definition) is 1. The zero-order valence-corrected chi connectivity index (χ0v) is 16.0. The van der Waals surface area contributed by atoms with E-state index in [1.165, 1.54) is 5.56 Å². The van der Waals surface area contributed by atoms with Crippen molar-refractivity contribution in [2.24, 2.45) is 0 Å². The Hall–Kier alpha value is -2.86. The number of rotatable bonds is 4. The summed E-state index contributed by atoms with van der Waals surface area (Å²) in [6.07, 6.45) is -0.649. The smallest absolute Gasteiger partial charge is 0.264 e. The van der Waals surface area contributed by atoms with Crippen molar-refractivity contribution in [3.05, 3.63) is 64.7 Å². The van der Waals surface area contributed by atoms with Crippen LogP contribution in [0.2, 0.25) is 0 Å². The summed E-state index contributed by atoms with van der Waals surface area (Å²) >= 11 is 1.61. The van der Waals surface area contributed by atoms with E-state index in [1.54, 1.807) is 17.4 Å². The minimum absolute atomic E-state index is 0.185. The molecule has 4 rings (SSSR count). The van der Waals surface area contributed by atoms with Crippen molar-refractivity contribution < 1.29 is 14.3 Å². The number of benzene rings is 2. The van der Waals surface area contributed by atoms with Crippen LogP contribution in [0.5, 0.6) is 11.5 Å². The number of carbonyl (C=O) groups excluding carboxylic acids is 1. The maximum Gasteiger partial charge on any atom is 0.264 e. The van der Waals surface area contributed by atoms with Crippen LogP contribution in [-0.2, 0) is 11.3 Å². The molecule has 0 aliphatic carbocycles. The molecule has 0 bridgehead atoms. The van der Waals surface area contributed by atoms with Gasteiger partial charge in [0.05, 0.1) is 12.2 Å². The molecule has 138 valence electrons. The third-order valence-electron chi connectivity index (χ3n) is 4.49. The number of aromatic nitrogens is 1. The predicted molar refractivity (Wildman–Crippen MR) is 105 cm³/mol. The van der Waals surface area contributed by atoms with Gasteiger partial charge in [-0.1, -0.05) is 36.4 Å². The first-order valence-corrected chi connectivity index (χ1v) is 9.62. The lowest BCUT2D eigenvalue weighted by atomic mass is 10.1. The SMILES string of the molecule is Cc1ccccc1-c1nc(C)c(CNC(=O)C2COc3ccccc3O2)s1. The Morgan fingerprint density at radius 2 is 1.89 bits per heavy atom. The van der Waals surface area contributed by atoms with Gasteiger partial charge in [0.15, 0.2) is 11.5 Å². The summed E-state index contributed by atoms with van der Waals surface area (Å²) in [6.45, 7) is 4.68. The molecule has 1 aromatic heterocycles. The molecule has 2 heterocycles. The number of hydrogen-bond acceptors (Lipinski definition) is 5. The molecule has 5 nitrogen and oxygen atoms in total. The number of amides is 1. The van der Waals surface area contributed by atoms with Gasteiger partial charge in [-0.25, -0.2) is 4.98 Å². The van der Waals surface area contributed by atoms with Crippen LogP contribution in [0.25, 0.3) is 10.6 Å². The molecule has 0 saturated heterocycles. The van der Waals surface area contributed by atoms with Crippen LogP contribution in [0, 0.1) is 13.8 Å². The third kappa shape index (κ3) is 3.66. The van der Waals surface area contributed by atoms with Crippen molar-refractivity contribution in [2.45, 2.75) is 26.5 Å². The summed E-state index contributed by atoms with van der Waals surface area (Å²) in [6, 6.07) is 15.5. The fraction of sp³-hybridized carbons (Fsp3) is 0.238. The Bertz CT molecular complexity index is 983. The number of nitrogens with zero attached hydrogens (tertiary/aromatic N) is 1. The summed E-state index contributed by atoms with van der Waals surface area (Å²) in [5.74, 6) is 1.08. The minimum atomic E-state index is -0.649. The van der Waals surface area contributed by atoms with Crippen LogP contribution in [0.15, 0.2) is 48.5 Å². The average Bonchev–Trinajstić information content (AvgIpc) is 3.06. The van der Waals surface area contributed by atoms with E-state index < -0.39 is 6.10 Å². The number of para-hydroxylation sites is 2. The highest BCUT2D eigenvalue weighted by atomic mass is 32.1. The van der Waals surface area contributed by atoms with Crippen molar-refractivity contribution in [1.82, 2.24) is 10.3 Å². The van der Waals surface area contributed by atoms with Gasteiger partial charge in [0.2, 0.25) is 6.10 Å². The van der Waals surface area contributed by atoms with Gasteiger partial charge in [0, 0.05) is 10.4 Å². The predicted octanol–water partition coefficient (Wildman–Crippen LogP) is 3.88. The topological polar surface area (TPSA) is 60.5 Å². The molecule has 0 saturated carbocycles. The summed E-state index contributed by atoms with van der Waals surface area (Å²) in [5, 5.41) is 3.92. The van der Waals surface area contributed by atoms with Crippen molar-refractivity contribution in [1.29, 1.82) is 0 Å². The van der Waals surface area contributed by atoms with Gasteiger partial charge in [-0.05, 0) is 31.5 Å². The zero-order valence-electron chi connectivity index (χ0n) is 15.2. The molecule has 1 atom stereocenters. The molecular weight excluding hydrogens is 360 g/mol. The van der Waals surface area contributed by atoms with Crippen molar-refractivity contribution in [3.8, 4) is 22.1 Å². The molecule has 0 fully saturated rings. The van der Waals surface area contributed by atoms with Crippen LogP contribution < -0.4 is 14.8 Å². The van der Waals surface area contributed by atoms with E-state index in [-0.39, 0.29) is 12.5 Å². The van der Waals surface area contributed by atoms with Gasteiger partial charge in [-0.15, -0.1) is 11.3 Å². The maximum atomic E-state index is 12.5. The Kier molecular flexibility index (Phi) is 4.81. The molecule has 1 unspecified atom stereocenters. The fourth-order valence-corrected chi connectivity index (χ4v) is 4.04. The Balaban J connectivity index is 1.42. The van der Waals surface area contributed by atoms with Crippen LogP contribution in [0.4, 0.5) is 0 Å². The first kappa shape index (κ1) is 17.5. The Labute approximate surface area is 162 Å². The van der Waals surface area contributed by atoms with E-state index >= 15 is 0 Å². The largest absolute Gasteiger partial charge is 0.485 e. The zero-order chi connectivity index (χ0) is 18.8. The molecule has 3 aromatic rings. The quantitative estimate of drug-likeness (QED) is 0.746. The molecule has 27 heavy (non-hydrogen) atoms. The van der Waals surface area contributed by atoms with Gasteiger partial charge in [-0.2, -0.15) is 0 Å². The van der Waals surface area contributed by atoms with E-state index in [2.05, 4.69) is 29.4 Å². The number of aryl methyl sites for hydroxylation is 2. The van der Waals surface area contributed by atoms with E-state index in [9.17, 15) is 4.79 Å². The van der Waals surface area contributed by atoms with E-state index in [0.717, 1.165) is 21.1 Å². The van der Waals surface area contributed by atoms with Gasteiger partial charge in [-0.3, -0.25) is 4.79 Å². The normalized spacial score (nSPS) is 15.4. The maximum absolute atomic E-state index is 12.5. The first-order valence-electron chi connectivity index (χ1n) is 8.80. The van der Waals surface area contributed by atoms with E-state index in [4.69, 9.17) is 9.47 Å². The Morgan fingerprint density at radius 3 is 2.70 bits per heavy atom. The first-order chi connectivity index (χ1) is 13.1. The second-order valence-corrected chi connectivity index (χ2v) is 7.51. The summed E-state index contributed by atoms with van der Waals surface area (Å²) < 4.78 is 11.4. The standard InChI is InChI=1S/C21H20N2O3S/c1-13-7-3-4-8-15(13)21-23-14(2)19(27-21)11-22-20(24)18-12-25-16-9-5-6-10-17(16)26-18/h3-10,18H,11-12H2,1-2H3,(H,22,24). The summed E-state index contributed by atoms with van der Waals surface area (Å²) in [4.78, 5) is 18.2.